The highest BCUT2D eigenvalue weighted by Gasteiger charge is 2.18. The van der Waals surface area contributed by atoms with Gasteiger partial charge >= 0.3 is 0 Å². The Morgan fingerprint density at radius 1 is 1.29 bits per heavy atom. The third-order valence-corrected chi connectivity index (χ3v) is 5.34. The van der Waals surface area contributed by atoms with E-state index < -0.39 is 0 Å². The predicted molar refractivity (Wildman–Crippen MR) is 110 cm³/mol. The van der Waals surface area contributed by atoms with Crippen LogP contribution in [0.25, 0.3) is 0 Å². The Kier molecular flexibility index (Phi) is 7.48. The lowest BCUT2D eigenvalue weighted by Gasteiger charge is -2.31. The maximum atomic E-state index is 11.9. The smallest absolute Gasteiger partial charge is 0.241 e. The highest BCUT2D eigenvalue weighted by Crippen LogP contribution is 2.23. The molecule has 0 unspecified atom stereocenters. The van der Waals surface area contributed by atoms with E-state index in [1.165, 1.54) is 37.7 Å². The molecule has 0 aliphatic heterocycles. The van der Waals surface area contributed by atoms with Crippen LogP contribution in [0, 0.1) is 0 Å². The molecule has 1 N–H and O–H groups in total. The third-order valence-electron chi connectivity index (χ3n) is 5.34. The van der Waals surface area contributed by atoms with E-state index in [0.29, 0.717) is 6.54 Å². The number of carbonyl (C=O) groups excluding carboxylic acids is 1. The SMILES string of the molecule is C[C@@H](CNC(=O)Cn1cccn1)Oc1ccc(CN(C)C2CCCCC2)cc1. The Hall–Kier alpha value is -2.34. The summed E-state index contributed by atoms with van der Waals surface area (Å²) in [4.78, 5) is 14.4. The number of nitrogens with zero attached hydrogens (tertiary/aromatic N) is 3. The molecule has 1 atom stereocenters. The molecule has 1 aromatic carbocycles. The Labute approximate surface area is 167 Å². The summed E-state index contributed by atoms with van der Waals surface area (Å²) in [6.45, 7) is 3.62. The summed E-state index contributed by atoms with van der Waals surface area (Å²) in [6, 6.07) is 10.8. The van der Waals surface area contributed by atoms with Gasteiger partial charge in [0.05, 0.1) is 6.54 Å². The van der Waals surface area contributed by atoms with E-state index in [1.807, 2.05) is 19.1 Å². The van der Waals surface area contributed by atoms with Gasteiger partial charge in [0, 0.05) is 25.0 Å². The summed E-state index contributed by atoms with van der Waals surface area (Å²) in [5.74, 6) is 0.762. The number of carbonyl (C=O) groups is 1. The number of benzene rings is 1. The van der Waals surface area contributed by atoms with Gasteiger partial charge in [0.25, 0.3) is 0 Å². The molecular weight excluding hydrogens is 352 g/mol. The molecule has 1 amide bonds. The first-order valence-electron chi connectivity index (χ1n) is 10.3. The van der Waals surface area contributed by atoms with Gasteiger partial charge < -0.3 is 10.1 Å². The summed E-state index contributed by atoms with van der Waals surface area (Å²) in [5, 5.41) is 6.91. The minimum Gasteiger partial charge on any atom is -0.489 e. The van der Waals surface area contributed by atoms with E-state index in [9.17, 15) is 4.79 Å². The topological polar surface area (TPSA) is 59.4 Å². The van der Waals surface area contributed by atoms with Crippen molar-refractivity contribution >= 4 is 5.91 Å². The number of amides is 1. The maximum absolute atomic E-state index is 11.9. The summed E-state index contributed by atoms with van der Waals surface area (Å²) >= 11 is 0. The van der Waals surface area contributed by atoms with Gasteiger partial charge in [0.15, 0.2) is 0 Å². The van der Waals surface area contributed by atoms with Crippen molar-refractivity contribution in [2.24, 2.45) is 0 Å². The first-order chi connectivity index (χ1) is 13.6. The molecule has 1 heterocycles. The molecule has 0 spiro atoms. The zero-order chi connectivity index (χ0) is 19.8. The maximum Gasteiger partial charge on any atom is 0.241 e. The molecule has 1 saturated carbocycles. The Morgan fingerprint density at radius 3 is 2.71 bits per heavy atom. The Bertz CT molecular complexity index is 709. The average Bonchev–Trinajstić information content (AvgIpc) is 3.21. The van der Waals surface area contributed by atoms with Crippen molar-refractivity contribution < 1.29 is 9.53 Å². The van der Waals surface area contributed by atoms with E-state index in [2.05, 4.69) is 34.5 Å². The molecule has 6 nitrogen and oxygen atoms in total. The van der Waals surface area contributed by atoms with Crippen molar-refractivity contribution in [2.75, 3.05) is 13.6 Å². The van der Waals surface area contributed by atoms with Crippen molar-refractivity contribution in [1.82, 2.24) is 20.0 Å². The van der Waals surface area contributed by atoms with Crippen molar-refractivity contribution in [3.63, 3.8) is 0 Å². The average molecular weight is 385 g/mol. The number of ether oxygens (including phenoxy) is 1. The lowest BCUT2D eigenvalue weighted by Crippen LogP contribution is -2.35. The van der Waals surface area contributed by atoms with Crippen LogP contribution in [0.5, 0.6) is 5.75 Å². The second-order valence-corrected chi connectivity index (χ2v) is 7.79. The van der Waals surface area contributed by atoms with Crippen molar-refractivity contribution in [1.29, 1.82) is 0 Å². The summed E-state index contributed by atoms with van der Waals surface area (Å²) in [5.41, 5.74) is 1.31. The van der Waals surface area contributed by atoms with Gasteiger partial charge in [-0.25, -0.2) is 0 Å². The number of nitrogens with one attached hydrogen (secondary N) is 1. The van der Waals surface area contributed by atoms with Crippen LogP contribution in [0.1, 0.15) is 44.6 Å². The zero-order valence-electron chi connectivity index (χ0n) is 17.0. The first kappa shape index (κ1) is 20.4. The molecule has 1 aromatic heterocycles. The van der Waals surface area contributed by atoms with Crippen LogP contribution in [-0.4, -0.2) is 46.3 Å². The van der Waals surface area contributed by atoms with E-state index >= 15 is 0 Å². The second-order valence-electron chi connectivity index (χ2n) is 7.79. The minimum atomic E-state index is -0.0997. The molecule has 2 aromatic rings. The van der Waals surface area contributed by atoms with Gasteiger partial charge in [-0.05, 0) is 50.6 Å². The highest BCUT2D eigenvalue weighted by atomic mass is 16.5. The van der Waals surface area contributed by atoms with E-state index in [0.717, 1.165) is 18.3 Å². The highest BCUT2D eigenvalue weighted by molar-refractivity contribution is 5.75. The zero-order valence-corrected chi connectivity index (χ0v) is 17.0. The fraction of sp³-hybridized carbons (Fsp3) is 0.545. The normalized spacial score (nSPS) is 16.1. The van der Waals surface area contributed by atoms with Crippen LogP contribution >= 0.6 is 0 Å². The number of rotatable bonds is 9. The van der Waals surface area contributed by atoms with Gasteiger partial charge in [0.2, 0.25) is 5.91 Å². The fourth-order valence-corrected chi connectivity index (χ4v) is 3.74. The second kappa shape index (κ2) is 10.3. The monoisotopic (exact) mass is 384 g/mol. The van der Waals surface area contributed by atoms with Gasteiger partial charge in [-0.1, -0.05) is 31.4 Å². The van der Waals surface area contributed by atoms with Crippen LogP contribution < -0.4 is 10.1 Å². The van der Waals surface area contributed by atoms with Crippen molar-refractivity contribution in [2.45, 2.75) is 64.3 Å². The third kappa shape index (κ3) is 6.37. The Balaban J connectivity index is 1.39. The standard InChI is InChI=1S/C22H32N4O2/c1-18(15-23-22(27)17-26-14-6-13-24-26)28-21-11-9-19(10-12-21)16-25(2)20-7-4-3-5-8-20/h6,9-14,18,20H,3-5,7-8,15-17H2,1-2H3,(H,23,27)/t18-/m0/s1. The first-order valence-corrected chi connectivity index (χ1v) is 10.3. The molecule has 3 rings (SSSR count). The number of hydrogen-bond donors (Lipinski definition) is 1. The lowest BCUT2D eigenvalue weighted by atomic mass is 9.94. The van der Waals surface area contributed by atoms with Crippen LogP contribution in [0.2, 0.25) is 0 Å². The lowest BCUT2D eigenvalue weighted by molar-refractivity contribution is -0.122. The molecule has 0 bridgehead atoms. The van der Waals surface area contributed by atoms with Crippen LogP contribution in [0.3, 0.4) is 0 Å². The predicted octanol–water partition coefficient (Wildman–Crippen LogP) is 3.23. The van der Waals surface area contributed by atoms with Gasteiger partial charge in [0.1, 0.15) is 18.4 Å². The van der Waals surface area contributed by atoms with Crippen LogP contribution in [0.4, 0.5) is 0 Å². The largest absolute Gasteiger partial charge is 0.489 e. The molecular formula is C22H32N4O2. The summed E-state index contributed by atoms with van der Waals surface area (Å²) in [7, 11) is 2.23. The molecule has 28 heavy (non-hydrogen) atoms. The molecule has 1 fully saturated rings. The Morgan fingerprint density at radius 2 is 2.04 bits per heavy atom. The summed E-state index contributed by atoms with van der Waals surface area (Å²) < 4.78 is 7.53. The quantitative estimate of drug-likeness (QED) is 0.721. The fourth-order valence-electron chi connectivity index (χ4n) is 3.74. The van der Waals surface area contributed by atoms with E-state index in [-0.39, 0.29) is 18.6 Å². The van der Waals surface area contributed by atoms with Crippen molar-refractivity contribution in [3.8, 4) is 5.75 Å². The van der Waals surface area contributed by atoms with Gasteiger partial charge in [-0.2, -0.15) is 5.10 Å². The molecule has 6 heteroatoms. The van der Waals surface area contributed by atoms with Crippen LogP contribution in [-0.2, 0) is 17.9 Å². The molecule has 0 radical (unpaired) electrons. The van der Waals surface area contributed by atoms with E-state index in [1.54, 1.807) is 23.1 Å². The van der Waals surface area contributed by atoms with Crippen LogP contribution in [0.15, 0.2) is 42.7 Å². The molecule has 152 valence electrons. The molecule has 0 saturated heterocycles. The van der Waals surface area contributed by atoms with E-state index in [4.69, 9.17) is 4.74 Å². The van der Waals surface area contributed by atoms with Gasteiger partial charge in [-0.3, -0.25) is 14.4 Å². The van der Waals surface area contributed by atoms with Crippen molar-refractivity contribution in [3.05, 3.63) is 48.3 Å². The number of hydrogen-bond acceptors (Lipinski definition) is 4. The minimum absolute atomic E-state index is 0.0692. The number of aromatic nitrogens is 2. The van der Waals surface area contributed by atoms with Gasteiger partial charge in [-0.15, -0.1) is 0 Å². The molecule has 1 aliphatic carbocycles. The molecule has 1 aliphatic rings. The summed E-state index contributed by atoms with van der Waals surface area (Å²) in [6.07, 6.45) is 10.1.